The average Bonchev–Trinajstić information content (AvgIpc) is 2.85. The second-order valence-electron chi connectivity index (χ2n) is 4.18. The lowest BCUT2D eigenvalue weighted by Gasteiger charge is -2.05. The third kappa shape index (κ3) is 3.45. The SMILES string of the molecule is NCCC[C@H](N=Cc1ccc2c(c1)OCO2)C(=O)O. The molecule has 0 bridgehead atoms. The minimum absolute atomic E-state index is 0.212. The van der Waals surface area contributed by atoms with Gasteiger partial charge in [0.15, 0.2) is 11.5 Å². The highest BCUT2D eigenvalue weighted by molar-refractivity contribution is 5.84. The van der Waals surface area contributed by atoms with Gasteiger partial charge in [-0.2, -0.15) is 0 Å². The molecule has 0 fully saturated rings. The molecule has 1 aliphatic heterocycles. The van der Waals surface area contributed by atoms with Gasteiger partial charge in [-0.1, -0.05) is 0 Å². The molecule has 1 aliphatic rings. The molecule has 0 radical (unpaired) electrons. The minimum Gasteiger partial charge on any atom is -0.480 e. The maximum Gasteiger partial charge on any atom is 0.328 e. The summed E-state index contributed by atoms with van der Waals surface area (Å²) in [7, 11) is 0. The number of benzene rings is 1. The lowest BCUT2D eigenvalue weighted by atomic mass is 10.1. The molecule has 0 unspecified atom stereocenters. The van der Waals surface area contributed by atoms with Gasteiger partial charge in [0.1, 0.15) is 6.04 Å². The summed E-state index contributed by atoms with van der Waals surface area (Å²) in [6.07, 6.45) is 2.61. The van der Waals surface area contributed by atoms with Crippen LogP contribution in [0.1, 0.15) is 18.4 Å². The van der Waals surface area contributed by atoms with Crippen LogP contribution in [0.4, 0.5) is 0 Å². The van der Waals surface area contributed by atoms with Crippen molar-refractivity contribution in [2.45, 2.75) is 18.9 Å². The van der Waals surface area contributed by atoms with Crippen LogP contribution >= 0.6 is 0 Å². The van der Waals surface area contributed by atoms with E-state index in [0.29, 0.717) is 30.9 Å². The maximum absolute atomic E-state index is 11.0. The highest BCUT2D eigenvalue weighted by atomic mass is 16.7. The summed E-state index contributed by atoms with van der Waals surface area (Å²) in [4.78, 5) is 15.1. The van der Waals surface area contributed by atoms with Gasteiger partial charge < -0.3 is 20.3 Å². The first-order chi connectivity index (χ1) is 9.20. The van der Waals surface area contributed by atoms with Crippen LogP contribution in [0.5, 0.6) is 11.5 Å². The third-order valence-corrected chi connectivity index (χ3v) is 2.77. The summed E-state index contributed by atoms with van der Waals surface area (Å²) in [6, 6.07) is 4.60. The quantitative estimate of drug-likeness (QED) is 0.748. The first-order valence-electron chi connectivity index (χ1n) is 6.06. The van der Waals surface area contributed by atoms with E-state index < -0.39 is 12.0 Å². The molecule has 1 aromatic carbocycles. The topological polar surface area (TPSA) is 94.1 Å². The molecule has 0 saturated heterocycles. The van der Waals surface area contributed by atoms with Gasteiger partial charge in [-0.3, -0.25) is 4.99 Å². The fraction of sp³-hybridized carbons (Fsp3) is 0.385. The molecule has 3 N–H and O–H groups in total. The Morgan fingerprint density at radius 3 is 3.00 bits per heavy atom. The Morgan fingerprint density at radius 1 is 1.47 bits per heavy atom. The van der Waals surface area contributed by atoms with Crippen LogP contribution in [0.2, 0.25) is 0 Å². The lowest BCUT2D eigenvalue weighted by Crippen LogP contribution is -2.19. The fourth-order valence-electron chi connectivity index (χ4n) is 1.74. The Bertz CT molecular complexity index is 488. The number of fused-ring (bicyclic) bond motifs is 1. The molecule has 0 amide bonds. The van der Waals surface area contributed by atoms with Crippen molar-refractivity contribution >= 4 is 12.2 Å². The van der Waals surface area contributed by atoms with E-state index >= 15 is 0 Å². The van der Waals surface area contributed by atoms with E-state index in [1.54, 1.807) is 18.2 Å². The molecule has 1 aromatic rings. The van der Waals surface area contributed by atoms with Crippen LogP contribution in [0.15, 0.2) is 23.2 Å². The number of nitrogens with zero attached hydrogens (tertiary/aromatic N) is 1. The Morgan fingerprint density at radius 2 is 2.26 bits per heavy atom. The van der Waals surface area contributed by atoms with Gasteiger partial charge in [-0.05, 0) is 43.1 Å². The average molecular weight is 264 g/mol. The molecule has 0 aliphatic carbocycles. The summed E-state index contributed by atoms with van der Waals surface area (Å²) in [5.74, 6) is 0.401. The van der Waals surface area contributed by atoms with Crippen LogP contribution in [-0.4, -0.2) is 36.7 Å². The number of carbonyl (C=O) groups is 1. The van der Waals surface area contributed by atoms with E-state index in [0.717, 1.165) is 5.56 Å². The van der Waals surface area contributed by atoms with E-state index in [4.69, 9.17) is 20.3 Å². The fourth-order valence-corrected chi connectivity index (χ4v) is 1.74. The Hall–Kier alpha value is -2.08. The van der Waals surface area contributed by atoms with Crippen LogP contribution in [-0.2, 0) is 4.79 Å². The predicted molar refractivity (Wildman–Crippen MR) is 69.9 cm³/mol. The van der Waals surface area contributed by atoms with E-state index in [1.807, 2.05) is 0 Å². The maximum atomic E-state index is 11.0. The van der Waals surface area contributed by atoms with Crippen LogP contribution in [0, 0.1) is 0 Å². The second kappa shape index (κ2) is 6.19. The third-order valence-electron chi connectivity index (χ3n) is 2.77. The summed E-state index contributed by atoms with van der Waals surface area (Å²) < 4.78 is 10.4. The first-order valence-corrected chi connectivity index (χ1v) is 6.06. The number of aliphatic imine (C=N–C) groups is 1. The van der Waals surface area contributed by atoms with Gasteiger partial charge >= 0.3 is 5.97 Å². The lowest BCUT2D eigenvalue weighted by molar-refractivity contribution is -0.138. The van der Waals surface area contributed by atoms with Crippen molar-refractivity contribution in [1.82, 2.24) is 0 Å². The number of hydrogen-bond acceptors (Lipinski definition) is 5. The molecule has 102 valence electrons. The first kappa shape index (κ1) is 13.4. The van der Waals surface area contributed by atoms with Crippen molar-refractivity contribution < 1.29 is 19.4 Å². The summed E-state index contributed by atoms with van der Waals surface area (Å²) in [5.41, 5.74) is 6.15. The van der Waals surface area contributed by atoms with Crippen molar-refractivity contribution in [2.75, 3.05) is 13.3 Å². The molecule has 0 spiro atoms. The smallest absolute Gasteiger partial charge is 0.328 e. The molecule has 6 nitrogen and oxygen atoms in total. The van der Waals surface area contributed by atoms with E-state index in [-0.39, 0.29) is 6.79 Å². The number of carboxylic acid groups (broad SMARTS) is 1. The zero-order valence-corrected chi connectivity index (χ0v) is 10.4. The zero-order chi connectivity index (χ0) is 13.7. The molecule has 1 heterocycles. The number of ether oxygens (including phenoxy) is 2. The number of nitrogens with two attached hydrogens (primary N) is 1. The summed E-state index contributed by atoms with van der Waals surface area (Å²) in [6.45, 7) is 0.674. The predicted octanol–water partition coefficient (Wildman–Crippen LogP) is 1.03. The van der Waals surface area contributed by atoms with Crippen molar-refractivity contribution in [3.63, 3.8) is 0 Å². The largest absolute Gasteiger partial charge is 0.480 e. The molecule has 2 rings (SSSR count). The van der Waals surface area contributed by atoms with E-state index in [9.17, 15) is 4.79 Å². The van der Waals surface area contributed by atoms with Crippen LogP contribution in [0.3, 0.4) is 0 Å². The van der Waals surface area contributed by atoms with E-state index in [2.05, 4.69) is 4.99 Å². The molecule has 1 atom stereocenters. The van der Waals surface area contributed by atoms with Crippen molar-refractivity contribution in [3.8, 4) is 11.5 Å². The minimum atomic E-state index is -0.939. The standard InChI is InChI=1S/C13H16N2O4/c14-5-1-2-10(13(16)17)15-7-9-3-4-11-12(6-9)19-8-18-11/h3-4,6-7,10H,1-2,5,8,14H2,(H,16,17)/t10-/m0/s1. The summed E-state index contributed by atoms with van der Waals surface area (Å²) >= 11 is 0. The normalized spacial score (nSPS) is 14.8. The second-order valence-corrected chi connectivity index (χ2v) is 4.18. The van der Waals surface area contributed by atoms with Gasteiger partial charge in [0, 0.05) is 6.21 Å². The van der Waals surface area contributed by atoms with Gasteiger partial charge in [-0.25, -0.2) is 4.79 Å². The molecular formula is C13H16N2O4. The highest BCUT2D eigenvalue weighted by Gasteiger charge is 2.15. The van der Waals surface area contributed by atoms with Crippen molar-refractivity contribution in [1.29, 1.82) is 0 Å². The molecule has 19 heavy (non-hydrogen) atoms. The van der Waals surface area contributed by atoms with Gasteiger partial charge in [-0.15, -0.1) is 0 Å². The van der Waals surface area contributed by atoms with E-state index in [1.165, 1.54) is 6.21 Å². The molecule has 6 heteroatoms. The highest BCUT2D eigenvalue weighted by Crippen LogP contribution is 2.32. The van der Waals surface area contributed by atoms with Gasteiger partial charge in [0.05, 0.1) is 0 Å². The van der Waals surface area contributed by atoms with Gasteiger partial charge in [0.2, 0.25) is 6.79 Å². The number of aliphatic carboxylic acids is 1. The van der Waals surface area contributed by atoms with Crippen molar-refractivity contribution in [3.05, 3.63) is 23.8 Å². The summed E-state index contributed by atoms with van der Waals surface area (Å²) in [5, 5.41) is 9.03. The number of hydrogen-bond donors (Lipinski definition) is 2. The Balaban J connectivity index is 2.05. The van der Waals surface area contributed by atoms with Crippen molar-refractivity contribution in [2.24, 2.45) is 10.7 Å². The molecular weight excluding hydrogens is 248 g/mol. The zero-order valence-electron chi connectivity index (χ0n) is 10.4. The van der Waals surface area contributed by atoms with Gasteiger partial charge in [0.25, 0.3) is 0 Å². The Kier molecular flexibility index (Phi) is 4.35. The number of rotatable bonds is 6. The Labute approximate surface area is 110 Å². The van der Waals surface area contributed by atoms with Crippen LogP contribution < -0.4 is 15.2 Å². The molecule has 0 aromatic heterocycles. The number of carboxylic acids is 1. The molecule has 0 saturated carbocycles. The monoisotopic (exact) mass is 264 g/mol. The van der Waals surface area contributed by atoms with Crippen LogP contribution in [0.25, 0.3) is 0 Å².